The van der Waals surface area contributed by atoms with E-state index in [9.17, 15) is 19.2 Å². The fourth-order valence-corrected chi connectivity index (χ4v) is 4.56. The Labute approximate surface area is 214 Å². The Morgan fingerprint density at radius 3 is 2.49 bits per heavy atom. The number of hydrogen-bond donors (Lipinski definition) is 3. The van der Waals surface area contributed by atoms with Crippen LogP contribution in [0.25, 0.3) is 0 Å². The first kappa shape index (κ1) is 25.4. The van der Waals surface area contributed by atoms with Gasteiger partial charge in [0, 0.05) is 17.3 Å². The lowest BCUT2D eigenvalue weighted by atomic mass is 9.85. The number of benzene rings is 3. The predicted molar refractivity (Wildman–Crippen MR) is 139 cm³/mol. The number of hydrogen-bond acceptors (Lipinski definition) is 5. The van der Waals surface area contributed by atoms with Gasteiger partial charge in [-0.1, -0.05) is 48.5 Å². The predicted octanol–water partition coefficient (Wildman–Crippen LogP) is 3.33. The van der Waals surface area contributed by atoms with Gasteiger partial charge in [0.05, 0.1) is 12.7 Å². The molecule has 0 radical (unpaired) electrons. The summed E-state index contributed by atoms with van der Waals surface area (Å²) in [5.74, 6) is -1.88. The molecule has 1 aliphatic rings. The van der Waals surface area contributed by atoms with Gasteiger partial charge in [-0.05, 0) is 54.3 Å². The number of nitrogens with one attached hydrogen (secondary N) is 2. The summed E-state index contributed by atoms with van der Waals surface area (Å²) in [4.78, 5) is 51.8. The van der Waals surface area contributed by atoms with Gasteiger partial charge in [-0.2, -0.15) is 0 Å². The summed E-state index contributed by atoms with van der Waals surface area (Å²) < 4.78 is 4.73. The molecule has 0 saturated heterocycles. The summed E-state index contributed by atoms with van der Waals surface area (Å²) in [6, 6.07) is 20.1. The molecule has 37 heavy (non-hydrogen) atoms. The van der Waals surface area contributed by atoms with Crippen LogP contribution in [0.3, 0.4) is 0 Å². The molecule has 4 amide bonds. The monoisotopic (exact) mass is 500 g/mol. The summed E-state index contributed by atoms with van der Waals surface area (Å²) in [6.07, 6.45) is 0.268. The van der Waals surface area contributed by atoms with Crippen LogP contribution in [-0.4, -0.2) is 43.5 Å². The standard InChI is InChI=1S/C28H28N4O5/c1-17-11-12-21-22(18-7-4-3-5-8-18)15-23(26(34)32(16-25(29)33)24(21)13-17)31-28(36)30-20-10-6-9-19(14-20)27(35)37-2/h3-14,22-23H,15-16H2,1-2H3,(H2,29,33)(H2,30,31,36). The van der Waals surface area contributed by atoms with E-state index < -0.39 is 29.9 Å². The molecule has 2 atom stereocenters. The lowest BCUT2D eigenvalue weighted by Gasteiger charge is -2.25. The number of ether oxygens (including phenoxy) is 1. The molecule has 3 aromatic rings. The zero-order valence-electron chi connectivity index (χ0n) is 20.6. The van der Waals surface area contributed by atoms with Gasteiger partial charge in [0.1, 0.15) is 12.6 Å². The van der Waals surface area contributed by atoms with Crippen LogP contribution in [0.1, 0.15) is 39.4 Å². The molecule has 0 spiro atoms. The van der Waals surface area contributed by atoms with Crippen molar-refractivity contribution in [3.8, 4) is 0 Å². The Balaban J connectivity index is 1.67. The first-order valence-electron chi connectivity index (χ1n) is 11.8. The van der Waals surface area contributed by atoms with E-state index in [-0.39, 0.29) is 24.4 Å². The molecule has 0 bridgehead atoms. The van der Waals surface area contributed by atoms with Crippen molar-refractivity contribution in [3.63, 3.8) is 0 Å². The minimum Gasteiger partial charge on any atom is -0.465 e. The van der Waals surface area contributed by atoms with Crippen LogP contribution >= 0.6 is 0 Å². The minimum absolute atomic E-state index is 0.230. The van der Waals surface area contributed by atoms with Crippen molar-refractivity contribution in [1.82, 2.24) is 5.32 Å². The second-order valence-electron chi connectivity index (χ2n) is 8.88. The van der Waals surface area contributed by atoms with Crippen LogP contribution in [-0.2, 0) is 14.3 Å². The number of fused-ring (bicyclic) bond motifs is 1. The van der Waals surface area contributed by atoms with Crippen molar-refractivity contribution in [1.29, 1.82) is 0 Å². The third kappa shape index (κ3) is 5.78. The number of anilines is 2. The second kappa shape index (κ2) is 10.9. The molecule has 4 rings (SSSR count). The van der Waals surface area contributed by atoms with Crippen molar-refractivity contribution < 1.29 is 23.9 Å². The third-order valence-electron chi connectivity index (χ3n) is 6.25. The van der Waals surface area contributed by atoms with Gasteiger partial charge in [-0.3, -0.25) is 9.59 Å². The van der Waals surface area contributed by atoms with Gasteiger partial charge in [0.15, 0.2) is 0 Å². The number of primary amides is 1. The van der Waals surface area contributed by atoms with E-state index in [1.54, 1.807) is 18.2 Å². The minimum atomic E-state index is -0.957. The number of urea groups is 1. The Morgan fingerprint density at radius 2 is 1.78 bits per heavy atom. The Kier molecular flexibility index (Phi) is 7.52. The summed E-state index contributed by atoms with van der Waals surface area (Å²) >= 11 is 0. The van der Waals surface area contributed by atoms with E-state index >= 15 is 0 Å². The molecule has 1 heterocycles. The average Bonchev–Trinajstić information content (AvgIpc) is 2.99. The maximum atomic E-state index is 13.7. The fourth-order valence-electron chi connectivity index (χ4n) is 4.56. The summed E-state index contributed by atoms with van der Waals surface area (Å²) in [6.45, 7) is 1.58. The van der Waals surface area contributed by atoms with Gasteiger partial charge in [-0.25, -0.2) is 9.59 Å². The summed E-state index contributed by atoms with van der Waals surface area (Å²) in [7, 11) is 1.27. The van der Waals surface area contributed by atoms with Gasteiger partial charge in [-0.15, -0.1) is 0 Å². The van der Waals surface area contributed by atoms with Crippen molar-refractivity contribution in [2.75, 3.05) is 23.9 Å². The maximum absolute atomic E-state index is 13.7. The highest BCUT2D eigenvalue weighted by atomic mass is 16.5. The zero-order chi connectivity index (χ0) is 26.5. The van der Waals surface area contributed by atoms with Crippen LogP contribution in [0, 0.1) is 6.92 Å². The van der Waals surface area contributed by atoms with Crippen molar-refractivity contribution in [2.24, 2.45) is 5.73 Å². The van der Waals surface area contributed by atoms with Gasteiger partial charge in [0.25, 0.3) is 0 Å². The molecular weight excluding hydrogens is 472 g/mol. The highest BCUT2D eigenvalue weighted by molar-refractivity contribution is 6.05. The van der Waals surface area contributed by atoms with Crippen molar-refractivity contribution >= 4 is 35.2 Å². The van der Waals surface area contributed by atoms with Crippen LogP contribution in [0.15, 0.2) is 72.8 Å². The van der Waals surface area contributed by atoms with E-state index in [0.717, 1.165) is 16.7 Å². The number of methoxy groups -OCH3 is 1. The molecule has 1 aliphatic heterocycles. The Morgan fingerprint density at radius 1 is 1.03 bits per heavy atom. The molecule has 9 heteroatoms. The Bertz CT molecular complexity index is 1340. The molecule has 3 aromatic carbocycles. The first-order valence-corrected chi connectivity index (χ1v) is 11.8. The van der Waals surface area contributed by atoms with E-state index in [4.69, 9.17) is 10.5 Å². The van der Waals surface area contributed by atoms with Gasteiger partial charge < -0.3 is 26.0 Å². The molecule has 0 fully saturated rings. The van der Waals surface area contributed by atoms with E-state index in [0.29, 0.717) is 11.4 Å². The van der Waals surface area contributed by atoms with Crippen LogP contribution in [0.2, 0.25) is 0 Å². The molecule has 0 aliphatic carbocycles. The summed E-state index contributed by atoms with van der Waals surface area (Å²) in [5, 5.41) is 5.43. The number of nitrogens with two attached hydrogens (primary N) is 1. The third-order valence-corrected chi connectivity index (χ3v) is 6.25. The zero-order valence-corrected chi connectivity index (χ0v) is 20.6. The molecular formula is C28H28N4O5. The van der Waals surface area contributed by atoms with Gasteiger partial charge >= 0.3 is 12.0 Å². The molecule has 4 N–H and O–H groups in total. The first-order chi connectivity index (χ1) is 17.8. The number of carbonyl (C=O) groups is 4. The second-order valence-corrected chi connectivity index (χ2v) is 8.88. The Hall–Kier alpha value is -4.66. The topological polar surface area (TPSA) is 131 Å². The highest BCUT2D eigenvalue weighted by Crippen LogP contribution is 2.39. The molecule has 190 valence electrons. The molecule has 0 saturated carbocycles. The van der Waals surface area contributed by atoms with Gasteiger partial charge in [0.2, 0.25) is 11.8 Å². The number of esters is 1. The van der Waals surface area contributed by atoms with Crippen LogP contribution in [0.5, 0.6) is 0 Å². The van der Waals surface area contributed by atoms with Crippen molar-refractivity contribution in [3.05, 3.63) is 95.1 Å². The van der Waals surface area contributed by atoms with E-state index in [1.165, 1.54) is 18.1 Å². The quantitative estimate of drug-likeness (QED) is 0.447. The molecule has 0 aromatic heterocycles. The fraction of sp³-hybridized carbons (Fsp3) is 0.214. The molecule has 9 nitrogen and oxygen atoms in total. The highest BCUT2D eigenvalue weighted by Gasteiger charge is 2.37. The number of rotatable bonds is 6. The SMILES string of the molecule is COC(=O)c1cccc(NC(=O)NC2CC(c3ccccc3)c3ccc(C)cc3N(CC(N)=O)C2=O)c1. The lowest BCUT2D eigenvalue weighted by molar-refractivity contribution is -0.123. The number of amides is 4. The number of carbonyl (C=O) groups excluding carboxylic acids is 4. The smallest absolute Gasteiger partial charge is 0.337 e. The largest absolute Gasteiger partial charge is 0.465 e. The van der Waals surface area contributed by atoms with Crippen LogP contribution in [0.4, 0.5) is 16.2 Å². The normalized spacial score (nSPS) is 16.8. The molecule has 2 unspecified atom stereocenters. The van der Waals surface area contributed by atoms with Crippen molar-refractivity contribution in [2.45, 2.75) is 25.3 Å². The van der Waals surface area contributed by atoms with Crippen LogP contribution < -0.4 is 21.3 Å². The summed E-state index contributed by atoms with van der Waals surface area (Å²) in [5.41, 5.74) is 9.48. The average molecular weight is 501 g/mol. The van der Waals surface area contributed by atoms with E-state index in [2.05, 4.69) is 10.6 Å². The maximum Gasteiger partial charge on any atom is 0.337 e. The number of nitrogens with zero attached hydrogens (tertiary/aromatic N) is 1. The number of aryl methyl sites for hydroxylation is 1. The lowest BCUT2D eigenvalue weighted by Crippen LogP contribution is -2.51. The van der Waals surface area contributed by atoms with E-state index in [1.807, 2.05) is 55.5 Å².